The van der Waals surface area contributed by atoms with Crippen LogP contribution in [0.1, 0.15) is 57.1 Å². The highest BCUT2D eigenvalue weighted by atomic mass is 16.3. The Morgan fingerprint density at radius 1 is 1.05 bits per heavy atom. The van der Waals surface area contributed by atoms with Crippen molar-refractivity contribution in [2.45, 2.75) is 63.6 Å². The second-order valence-corrected chi connectivity index (χ2v) is 6.64. The van der Waals surface area contributed by atoms with Crippen molar-refractivity contribution in [1.82, 2.24) is 5.32 Å². The Kier molecular flexibility index (Phi) is 4.81. The van der Waals surface area contributed by atoms with Crippen LogP contribution in [0.2, 0.25) is 0 Å². The first-order valence-corrected chi connectivity index (χ1v) is 8.52. The molecule has 1 aliphatic heterocycles. The lowest BCUT2D eigenvalue weighted by molar-refractivity contribution is 0.199. The van der Waals surface area contributed by atoms with Gasteiger partial charge in [0.05, 0.1) is 6.10 Å². The largest absolute Gasteiger partial charge is 0.389 e. The zero-order valence-corrected chi connectivity index (χ0v) is 13.1. The summed E-state index contributed by atoms with van der Waals surface area (Å²) in [6.07, 6.45) is 7.57. The van der Waals surface area contributed by atoms with E-state index in [0.717, 1.165) is 24.7 Å². The number of benzene rings is 1. The monoisotopic (exact) mass is 288 g/mol. The van der Waals surface area contributed by atoms with Gasteiger partial charge in [-0.15, -0.1) is 0 Å². The summed E-state index contributed by atoms with van der Waals surface area (Å²) in [7, 11) is 0. The highest BCUT2D eigenvalue weighted by Crippen LogP contribution is 2.29. The maximum Gasteiger partial charge on any atom is 0.0781 e. The van der Waals surface area contributed by atoms with E-state index in [1.807, 2.05) is 19.1 Å². The van der Waals surface area contributed by atoms with Crippen molar-refractivity contribution in [3.05, 3.63) is 29.8 Å². The number of aliphatic hydroxyl groups excluding tert-OH is 1. The van der Waals surface area contributed by atoms with Crippen LogP contribution in [-0.2, 0) is 0 Å². The molecule has 0 aromatic heterocycles. The van der Waals surface area contributed by atoms with E-state index in [9.17, 15) is 5.11 Å². The summed E-state index contributed by atoms with van der Waals surface area (Å²) in [6.45, 7) is 4.04. The zero-order valence-electron chi connectivity index (χ0n) is 13.1. The molecule has 1 heterocycles. The summed E-state index contributed by atoms with van der Waals surface area (Å²) in [5.74, 6) is 0. The topological polar surface area (TPSA) is 35.5 Å². The molecule has 3 nitrogen and oxygen atoms in total. The van der Waals surface area contributed by atoms with Crippen LogP contribution in [0.3, 0.4) is 0 Å². The van der Waals surface area contributed by atoms with E-state index in [2.05, 4.69) is 22.3 Å². The molecule has 1 aliphatic carbocycles. The van der Waals surface area contributed by atoms with Gasteiger partial charge in [0, 0.05) is 36.4 Å². The van der Waals surface area contributed by atoms with Gasteiger partial charge in [0.2, 0.25) is 0 Å². The molecule has 1 saturated heterocycles. The van der Waals surface area contributed by atoms with Gasteiger partial charge in [-0.3, -0.25) is 0 Å². The third-order valence-electron chi connectivity index (χ3n) is 5.05. The Hall–Kier alpha value is -1.06. The van der Waals surface area contributed by atoms with E-state index in [0.29, 0.717) is 6.04 Å². The normalized spacial score (nSPS) is 22.7. The van der Waals surface area contributed by atoms with Gasteiger partial charge in [0.15, 0.2) is 0 Å². The zero-order chi connectivity index (χ0) is 14.7. The minimum absolute atomic E-state index is 0.393. The van der Waals surface area contributed by atoms with Gasteiger partial charge in [0.1, 0.15) is 0 Å². The lowest BCUT2D eigenvalue weighted by Gasteiger charge is -2.36. The van der Waals surface area contributed by atoms with Crippen LogP contribution in [0.5, 0.6) is 0 Å². The first-order chi connectivity index (χ1) is 10.2. The van der Waals surface area contributed by atoms with Crippen molar-refractivity contribution >= 4 is 5.69 Å². The predicted molar refractivity (Wildman–Crippen MR) is 87.7 cm³/mol. The molecule has 1 atom stereocenters. The van der Waals surface area contributed by atoms with Gasteiger partial charge in [-0.2, -0.15) is 0 Å². The fraction of sp³-hybridized carbons (Fsp3) is 0.667. The minimum Gasteiger partial charge on any atom is -0.389 e. The lowest BCUT2D eigenvalue weighted by Crippen LogP contribution is -2.45. The van der Waals surface area contributed by atoms with Crippen LogP contribution in [0.25, 0.3) is 0 Å². The van der Waals surface area contributed by atoms with Gasteiger partial charge in [0.25, 0.3) is 0 Å². The number of nitrogens with zero attached hydrogens (tertiary/aromatic N) is 1. The highest BCUT2D eigenvalue weighted by molar-refractivity contribution is 5.54. The smallest absolute Gasteiger partial charge is 0.0781 e. The maximum atomic E-state index is 9.94. The highest BCUT2D eigenvalue weighted by Gasteiger charge is 2.24. The van der Waals surface area contributed by atoms with Crippen LogP contribution >= 0.6 is 0 Å². The molecule has 3 rings (SSSR count). The molecule has 1 aromatic carbocycles. The summed E-state index contributed by atoms with van der Waals surface area (Å²) < 4.78 is 0. The van der Waals surface area contributed by atoms with E-state index >= 15 is 0 Å². The summed E-state index contributed by atoms with van der Waals surface area (Å²) in [5, 5.41) is 13.8. The number of nitrogens with one attached hydrogen (secondary N) is 1. The van der Waals surface area contributed by atoms with E-state index in [1.54, 1.807) is 0 Å². The molecule has 1 aromatic rings. The molecular formula is C18H28N2O. The molecule has 0 bridgehead atoms. The Bertz CT molecular complexity index is 446. The number of piperidine rings is 1. The molecule has 0 radical (unpaired) electrons. The average Bonchev–Trinajstić information content (AvgIpc) is 3.01. The molecule has 21 heavy (non-hydrogen) atoms. The molecule has 1 unspecified atom stereocenters. The number of aliphatic hydroxyl groups is 1. The van der Waals surface area contributed by atoms with Crippen LogP contribution in [0.15, 0.2) is 24.3 Å². The van der Waals surface area contributed by atoms with Gasteiger partial charge < -0.3 is 15.3 Å². The predicted octanol–water partition coefficient (Wildman–Crippen LogP) is 3.24. The van der Waals surface area contributed by atoms with E-state index in [-0.39, 0.29) is 0 Å². The van der Waals surface area contributed by atoms with Crippen LogP contribution < -0.4 is 10.2 Å². The van der Waals surface area contributed by atoms with Crippen molar-refractivity contribution in [2.75, 3.05) is 18.0 Å². The fourth-order valence-corrected chi connectivity index (χ4v) is 3.84. The average molecular weight is 288 g/mol. The fourth-order valence-electron chi connectivity index (χ4n) is 3.84. The molecule has 0 spiro atoms. The SMILES string of the molecule is CC(O)c1ccccc1N1CCC(NC2CCCC2)CC1. The van der Waals surface area contributed by atoms with E-state index in [1.165, 1.54) is 44.2 Å². The van der Waals surface area contributed by atoms with Gasteiger partial charge in [-0.05, 0) is 38.7 Å². The summed E-state index contributed by atoms with van der Waals surface area (Å²) in [5.41, 5.74) is 2.27. The number of anilines is 1. The van der Waals surface area contributed by atoms with Gasteiger partial charge in [-0.25, -0.2) is 0 Å². The second kappa shape index (κ2) is 6.80. The van der Waals surface area contributed by atoms with E-state index < -0.39 is 6.10 Å². The van der Waals surface area contributed by atoms with Crippen molar-refractivity contribution in [3.8, 4) is 0 Å². The van der Waals surface area contributed by atoms with Gasteiger partial charge >= 0.3 is 0 Å². The maximum absolute atomic E-state index is 9.94. The molecule has 2 N–H and O–H groups in total. The van der Waals surface area contributed by atoms with E-state index in [4.69, 9.17) is 0 Å². The minimum atomic E-state index is -0.393. The van der Waals surface area contributed by atoms with Crippen molar-refractivity contribution in [2.24, 2.45) is 0 Å². The summed E-state index contributed by atoms with van der Waals surface area (Å²) in [4.78, 5) is 2.44. The molecule has 0 amide bonds. The first-order valence-electron chi connectivity index (χ1n) is 8.52. The van der Waals surface area contributed by atoms with Crippen molar-refractivity contribution in [1.29, 1.82) is 0 Å². The number of hydrogen-bond acceptors (Lipinski definition) is 3. The number of hydrogen-bond donors (Lipinski definition) is 2. The molecular weight excluding hydrogens is 260 g/mol. The van der Waals surface area contributed by atoms with Crippen LogP contribution in [0.4, 0.5) is 5.69 Å². The molecule has 2 aliphatic rings. The number of para-hydroxylation sites is 1. The first kappa shape index (κ1) is 14.9. The van der Waals surface area contributed by atoms with Crippen LogP contribution in [-0.4, -0.2) is 30.3 Å². The van der Waals surface area contributed by atoms with Crippen LogP contribution in [0, 0.1) is 0 Å². The third kappa shape index (κ3) is 3.58. The molecule has 1 saturated carbocycles. The summed E-state index contributed by atoms with van der Waals surface area (Å²) in [6, 6.07) is 9.73. The quantitative estimate of drug-likeness (QED) is 0.893. The number of rotatable bonds is 4. The van der Waals surface area contributed by atoms with Gasteiger partial charge in [-0.1, -0.05) is 31.0 Å². The second-order valence-electron chi connectivity index (χ2n) is 6.64. The van der Waals surface area contributed by atoms with Crippen molar-refractivity contribution < 1.29 is 5.11 Å². The Balaban J connectivity index is 1.58. The summed E-state index contributed by atoms with van der Waals surface area (Å²) >= 11 is 0. The standard InChI is InChI=1S/C18H28N2O/c1-14(21)17-8-4-5-9-18(17)20-12-10-16(11-13-20)19-15-6-2-3-7-15/h4-5,8-9,14-16,19,21H,2-3,6-7,10-13H2,1H3. The Morgan fingerprint density at radius 2 is 1.67 bits per heavy atom. The third-order valence-corrected chi connectivity index (χ3v) is 5.05. The molecule has 116 valence electrons. The van der Waals surface area contributed by atoms with Crippen molar-refractivity contribution in [3.63, 3.8) is 0 Å². The molecule has 2 fully saturated rings. The molecule has 3 heteroatoms. The lowest BCUT2D eigenvalue weighted by atomic mass is 10.0. The Labute approximate surface area is 128 Å². The Morgan fingerprint density at radius 3 is 2.33 bits per heavy atom.